The van der Waals surface area contributed by atoms with Gasteiger partial charge in [0.05, 0.1) is 11.4 Å². The number of para-hydroxylation sites is 2. The molecule has 1 amide bonds. The number of hydrogen-bond donors (Lipinski definition) is 2. The Morgan fingerprint density at radius 3 is 2.70 bits per heavy atom. The predicted octanol–water partition coefficient (Wildman–Crippen LogP) is 3.01. The molecule has 1 fully saturated rings. The van der Waals surface area contributed by atoms with Crippen molar-refractivity contribution in [2.24, 2.45) is 5.73 Å². The van der Waals surface area contributed by atoms with E-state index in [0.717, 1.165) is 50.3 Å². The van der Waals surface area contributed by atoms with Gasteiger partial charge in [-0.15, -0.1) is 0 Å². The third-order valence-electron chi connectivity index (χ3n) is 5.67. The summed E-state index contributed by atoms with van der Waals surface area (Å²) in [4.78, 5) is 16.9. The summed E-state index contributed by atoms with van der Waals surface area (Å²) in [6.07, 6.45) is 3.46. The van der Waals surface area contributed by atoms with Crippen LogP contribution in [-0.2, 0) is 11.2 Å². The molecular weight excluding hydrogens is 336 g/mol. The van der Waals surface area contributed by atoms with Crippen LogP contribution >= 0.6 is 0 Å². The number of nitrogens with zero attached hydrogens (tertiary/aromatic N) is 2. The number of carbonyl (C=O) groups excluding carboxylic acids is 1. The van der Waals surface area contributed by atoms with Gasteiger partial charge in [0, 0.05) is 37.8 Å². The number of carbonyl (C=O) groups is 1. The van der Waals surface area contributed by atoms with E-state index in [-0.39, 0.29) is 5.91 Å². The van der Waals surface area contributed by atoms with Gasteiger partial charge in [0.2, 0.25) is 5.91 Å². The van der Waals surface area contributed by atoms with Crippen molar-refractivity contribution in [3.05, 3.63) is 54.1 Å². The number of nitrogens with one attached hydrogen (secondary N) is 1. The van der Waals surface area contributed by atoms with E-state index in [9.17, 15) is 4.79 Å². The van der Waals surface area contributed by atoms with Crippen LogP contribution in [0.1, 0.15) is 24.8 Å². The smallest absolute Gasteiger partial charge is 0.224 e. The van der Waals surface area contributed by atoms with Crippen LogP contribution in [0.15, 0.2) is 48.5 Å². The maximum absolute atomic E-state index is 12.0. The molecule has 2 aromatic rings. The highest BCUT2D eigenvalue weighted by Gasteiger charge is 2.30. The highest BCUT2D eigenvalue weighted by Crippen LogP contribution is 2.36. The summed E-state index contributed by atoms with van der Waals surface area (Å²) in [5.74, 6) is 0.122. The van der Waals surface area contributed by atoms with Gasteiger partial charge in [-0.05, 0) is 49.6 Å². The molecule has 0 aliphatic carbocycles. The SMILES string of the molecule is NCCCC1CN(c2ccccc2)CCN1c1cccc2c1NC(=O)CC2. The second kappa shape index (κ2) is 8.01. The summed E-state index contributed by atoms with van der Waals surface area (Å²) in [6.45, 7) is 3.60. The van der Waals surface area contributed by atoms with Gasteiger partial charge in [0.15, 0.2) is 0 Å². The minimum absolute atomic E-state index is 0.122. The van der Waals surface area contributed by atoms with Crippen LogP contribution in [0.5, 0.6) is 0 Å². The van der Waals surface area contributed by atoms with E-state index in [2.05, 4.69) is 63.6 Å². The quantitative estimate of drug-likeness (QED) is 0.856. The Bertz CT molecular complexity index is 792. The molecule has 2 aliphatic rings. The summed E-state index contributed by atoms with van der Waals surface area (Å²) in [6, 6.07) is 17.4. The zero-order valence-electron chi connectivity index (χ0n) is 15.7. The van der Waals surface area contributed by atoms with Crippen molar-refractivity contribution >= 4 is 23.0 Å². The molecule has 3 N–H and O–H groups in total. The fraction of sp³-hybridized carbons (Fsp3) is 0.409. The molecule has 1 saturated heterocycles. The lowest BCUT2D eigenvalue weighted by Gasteiger charge is -2.45. The van der Waals surface area contributed by atoms with Gasteiger partial charge in [-0.3, -0.25) is 4.79 Å². The second-order valence-electron chi connectivity index (χ2n) is 7.42. The lowest BCUT2D eigenvalue weighted by molar-refractivity contribution is -0.116. The summed E-state index contributed by atoms with van der Waals surface area (Å²) in [5, 5.41) is 3.13. The standard InChI is InChI=1S/C22H28N4O/c23-13-5-9-19-16-25(18-7-2-1-3-8-18)14-15-26(19)20-10-4-6-17-11-12-21(27)24-22(17)20/h1-4,6-8,10,19H,5,9,11-16,23H2,(H,24,27). The molecule has 4 rings (SSSR count). The molecule has 0 spiro atoms. The molecule has 2 aromatic carbocycles. The van der Waals surface area contributed by atoms with Crippen LogP contribution in [-0.4, -0.2) is 38.1 Å². The van der Waals surface area contributed by atoms with E-state index >= 15 is 0 Å². The van der Waals surface area contributed by atoms with Crippen molar-refractivity contribution in [3.63, 3.8) is 0 Å². The Kier molecular flexibility index (Phi) is 5.30. The zero-order valence-corrected chi connectivity index (χ0v) is 15.7. The Balaban J connectivity index is 1.61. The number of hydrogen-bond acceptors (Lipinski definition) is 4. The van der Waals surface area contributed by atoms with Crippen LogP contribution in [0, 0.1) is 0 Å². The summed E-state index contributed by atoms with van der Waals surface area (Å²) in [7, 11) is 0. The van der Waals surface area contributed by atoms with E-state index < -0.39 is 0 Å². The van der Waals surface area contributed by atoms with E-state index in [1.807, 2.05) is 0 Å². The van der Waals surface area contributed by atoms with Crippen LogP contribution in [0.2, 0.25) is 0 Å². The first-order valence-electron chi connectivity index (χ1n) is 9.94. The Hall–Kier alpha value is -2.53. The monoisotopic (exact) mass is 364 g/mol. The average molecular weight is 364 g/mol. The molecule has 5 heteroatoms. The lowest BCUT2D eigenvalue weighted by Crippen LogP contribution is -2.54. The third-order valence-corrected chi connectivity index (χ3v) is 5.67. The minimum Gasteiger partial charge on any atom is -0.368 e. The number of anilines is 3. The van der Waals surface area contributed by atoms with Crippen molar-refractivity contribution in [1.29, 1.82) is 0 Å². The molecule has 142 valence electrons. The fourth-order valence-corrected chi connectivity index (χ4v) is 4.28. The van der Waals surface area contributed by atoms with Gasteiger partial charge in [-0.25, -0.2) is 0 Å². The first-order valence-corrected chi connectivity index (χ1v) is 9.94. The summed E-state index contributed by atoms with van der Waals surface area (Å²) < 4.78 is 0. The Labute approximate surface area is 161 Å². The van der Waals surface area contributed by atoms with Crippen molar-refractivity contribution in [1.82, 2.24) is 0 Å². The molecule has 1 unspecified atom stereocenters. The number of piperazine rings is 1. The molecule has 0 radical (unpaired) electrons. The van der Waals surface area contributed by atoms with Crippen LogP contribution in [0.3, 0.4) is 0 Å². The van der Waals surface area contributed by atoms with Gasteiger partial charge in [0.25, 0.3) is 0 Å². The lowest BCUT2D eigenvalue weighted by atomic mass is 9.98. The van der Waals surface area contributed by atoms with E-state index in [1.54, 1.807) is 0 Å². The van der Waals surface area contributed by atoms with Crippen LogP contribution in [0.4, 0.5) is 17.1 Å². The first kappa shape index (κ1) is 17.9. The highest BCUT2D eigenvalue weighted by molar-refractivity contribution is 5.98. The predicted molar refractivity (Wildman–Crippen MR) is 111 cm³/mol. The Morgan fingerprint density at radius 1 is 1.04 bits per heavy atom. The minimum atomic E-state index is 0.122. The van der Waals surface area contributed by atoms with Gasteiger partial charge in [-0.1, -0.05) is 30.3 Å². The first-order chi connectivity index (χ1) is 13.3. The van der Waals surface area contributed by atoms with Crippen molar-refractivity contribution in [2.75, 3.05) is 41.3 Å². The van der Waals surface area contributed by atoms with Crippen LogP contribution < -0.4 is 20.9 Å². The molecule has 0 bridgehead atoms. The number of benzene rings is 2. The molecule has 0 saturated carbocycles. The number of aryl methyl sites for hydroxylation is 1. The number of nitrogens with two attached hydrogens (primary N) is 1. The third kappa shape index (κ3) is 3.78. The van der Waals surface area contributed by atoms with Crippen molar-refractivity contribution < 1.29 is 4.79 Å². The zero-order chi connectivity index (χ0) is 18.6. The van der Waals surface area contributed by atoms with Gasteiger partial charge in [-0.2, -0.15) is 0 Å². The molecule has 5 nitrogen and oxygen atoms in total. The fourth-order valence-electron chi connectivity index (χ4n) is 4.28. The molecule has 2 heterocycles. The largest absolute Gasteiger partial charge is 0.368 e. The van der Waals surface area contributed by atoms with Gasteiger partial charge in [0.1, 0.15) is 0 Å². The molecule has 1 atom stereocenters. The molecule has 0 aromatic heterocycles. The van der Waals surface area contributed by atoms with Gasteiger partial charge >= 0.3 is 0 Å². The average Bonchev–Trinajstić information content (AvgIpc) is 2.72. The van der Waals surface area contributed by atoms with Crippen molar-refractivity contribution in [2.45, 2.75) is 31.7 Å². The second-order valence-corrected chi connectivity index (χ2v) is 7.42. The van der Waals surface area contributed by atoms with Crippen LogP contribution in [0.25, 0.3) is 0 Å². The molecule has 2 aliphatic heterocycles. The van der Waals surface area contributed by atoms with Gasteiger partial charge < -0.3 is 20.9 Å². The normalized spacial score (nSPS) is 19.6. The van der Waals surface area contributed by atoms with E-state index in [1.165, 1.54) is 11.3 Å². The maximum Gasteiger partial charge on any atom is 0.224 e. The topological polar surface area (TPSA) is 61.6 Å². The van der Waals surface area contributed by atoms with E-state index in [0.29, 0.717) is 19.0 Å². The summed E-state index contributed by atoms with van der Waals surface area (Å²) >= 11 is 0. The number of rotatable bonds is 5. The molecule has 27 heavy (non-hydrogen) atoms. The summed E-state index contributed by atoms with van der Waals surface area (Å²) in [5.41, 5.74) is 10.5. The number of amides is 1. The highest BCUT2D eigenvalue weighted by atomic mass is 16.1. The molecular formula is C22H28N4O. The Morgan fingerprint density at radius 2 is 1.89 bits per heavy atom. The maximum atomic E-state index is 12.0. The number of fused-ring (bicyclic) bond motifs is 1. The van der Waals surface area contributed by atoms with Crippen molar-refractivity contribution in [3.8, 4) is 0 Å². The van der Waals surface area contributed by atoms with E-state index in [4.69, 9.17) is 5.73 Å².